The molecule has 1 saturated heterocycles. The van der Waals surface area contributed by atoms with Crippen LogP contribution in [0.25, 0.3) is 0 Å². The molecule has 0 unspecified atom stereocenters. The summed E-state index contributed by atoms with van der Waals surface area (Å²) < 4.78 is 9.20. The molecule has 0 amide bonds. The third kappa shape index (κ3) is 3.21. The van der Waals surface area contributed by atoms with Gasteiger partial charge in [0.2, 0.25) is 0 Å². The molecule has 1 aliphatic rings. The molecule has 0 atom stereocenters. The van der Waals surface area contributed by atoms with Gasteiger partial charge in [-0.15, -0.1) is 5.10 Å². The van der Waals surface area contributed by atoms with Crippen molar-refractivity contribution in [2.45, 2.75) is 6.54 Å². The zero-order valence-electron chi connectivity index (χ0n) is 10.6. The third-order valence-corrected chi connectivity index (χ3v) is 3.68. The maximum atomic E-state index is 5.36. The molecule has 6 heteroatoms. The molecule has 0 bridgehead atoms. The Hall–Kier alpha value is -1.66. The van der Waals surface area contributed by atoms with Crippen molar-refractivity contribution in [2.75, 3.05) is 36.5 Å². The van der Waals surface area contributed by atoms with E-state index < -0.39 is 0 Å². The first-order valence-corrected chi connectivity index (χ1v) is 7.18. The molecule has 1 fully saturated rings. The van der Waals surface area contributed by atoms with Gasteiger partial charge in [0.1, 0.15) is 0 Å². The van der Waals surface area contributed by atoms with Crippen molar-refractivity contribution in [3.05, 3.63) is 35.3 Å². The molecule has 3 rings (SSSR count). The lowest BCUT2D eigenvalue weighted by Crippen LogP contribution is -2.36. The van der Waals surface area contributed by atoms with Crippen molar-refractivity contribution in [1.82, 2.24) is 9.59 Å². The highest BCUT2D eigenvalue weighted by atomic mass is 32.1. The molecule has 0 aliphatic carbocycles. The summed E-state index contributed by atoms with van der Waals surface area (Å²) >= 11 is 1.38. The molecule has 0 spiro atoms. The van der Waals surface area contributed by atoms with Crippen LogP contribution in [0.1, 0.15) is 5.69 Å². The zero-order chi connectivity index (χ0) is 12.9. The number of rotatable bonds is 4. The largest absolute Gasteiger partial charge is 0.379 e. The van der Waals surface area contributed by atoms with Crippen molar-refractivity contribution in [2.24, 2.45) is 0 Å². The van der Waals surface area contributed by atoms with Crippen LogP contribution in [-0.4, -0.2) is 35.9 Å². The van der Waals surface area contributed by atoms with Gasteiger partial charge >= 0.3 is 0 Å². The van der Waals surface area contributed by atoms with E-state index in [4.69, 9.17) is 4.74 Å². The Morgan fingerprint density at radius 3 is 2.68 bits per heavy atom. The number of benzene rings is 1. The molecule has 1 aromatic heterocycles. The fourth-order valence-corrected chi connectivity index (χ4v) is 2.52. The van der Waals surface area contributed by atoms with E-state index in [2.05, 4.69) is 44.1 Å². The van der Waals surface area contributed by atoms with Crippen molar-refractivity contribution in [1.29, 1.82) is 0 Å². The van der Waals surface area contributed by atoms with Gasteiger partial charge in [-0.2, -0.15) is 0 Å². The Kier molecular flexibility index (Phi) is 3.90. The van der Waals surface area contributed by atoms with Crippen LogP contribution in [0, 0.1) is 0 Å². The summed E-state index contributed by atoms with van der Waals surface area (Å²) in [6.07, 6.45) is 0. The van der Waals surface area contributed by atoms with E-state index in [1.807, 2.05) is 5.38 Å². The smallest absolute Gasteiger partial charge is 0.0946 e. The van der Waals surface area contributed by atoms with Crippen LogP contribution in [0.3, 0.4) is 0 Å². The molecule has 0 radical (unpaired) electrons. The minimum Gasteiger partial charge on any atom is -0.379 e. The Morgan fingerprint density at radius 2 is 2.00 bits per heavy atom. The van der Waals surface area contributed by atoms with Crippen LogP contribution < -0.4 is 10.2 Å². The van der Waals surface area contributed by atoms with Crippen LogP contribution in [0.15, 0.2) is 29.6 Å². The summed E-state index contributed by atoms with van der Waals surface area (Å²) in [7, 11) is 0. The average molecular weight is 276 g/mol. The first-order valence-electron chi connectivity index (χ1n) is 6.34. The number of anilines is 2. The second-order valence-corrected chi connectivity index (χ2v) is 5.01. The molecule has 0 saturated carbocycles. The lowest BCUT2D eigenvalue weighted by atomic mass is 10.2. The average Bonchev–Trinajstić information content (AvgIpc) is 3.00. The van der Waals surface area contributed by atoms with Gasteiger partial charge in [0, 0.05) is 29.8 Å². The molecule has 2 aromatic rings. The monoisotopic (exact) mass is 276 g/mol. The fraction of sp³-hybridized carbons (Fsp3) is 0.385. The Bertz CT molecular complexity index is 494. The second kappa shape index (κ2) is 5.99. The second-order valence-electron chi connectivity index (χ2n) is 4.40. The number of ether oxygens (including phenoxy) is 1. The Balaban J connectivity index is 1.58. The topological polar surface area (TPSA) is 50.3 Å². The SMILES string of the molecule is c1cc(N2CCOCC2)ccc1NCc1csnn1. The minimum atomic E-state index is 0.716. The zero-order valence-corrected chi connectivity index (χ0v) is 11.4. The van der Waals surface area contributed by atoms with Gasteiger partial charge in [-0.05, 0) is 35.8 Å². The van der Waals surface area contributed by atoms with Gasteiger partial charge < -0.3 is 15.0 Å². The molecule has 1 aromatic carbocycles. The summed E-state index contributed by atoms with van der Waals surface area (Å²) in [5.74, 6) is 0. The molecule has 5 nitrogen and oxygen atoms in total. The van der Waals surface area contributed by atoms with Crippen LogP contribution >= 0.6 is 11.5 Å². The normalized spacial score (nSPS) is 15.5. The molecule has 1 N–H and O–H groups in total. The maximum absolute atomic E-state index is 5.36. The quantitative estimate of drug-likeness (QED) is 0.925. The van der Waals surface area contributed by atoms with Gasteiger partial charge in [-0.1, -0.05) is 4.49 Å². The van der Waals surface area contributed by atoms with E-state index in [1.165, 1.54) is 17.2 Å². The molecule has 19 heavy (non-hydrogen) atoms. The Morgan fingerprint density at radius 1 is 1.21 bits per heavy atom. The van der Waals surface area contributed by atoms with Gasteiger partial charge in [0.15, 0.2) is 0 Å². The molecule has 1 aliphatic heterocycles. The number of aromatic nitrogens is 2. The third-order valence-electron chi connectivity index (χ3n) is 3.12. The van der Waals surface area contributed by atoms with Gasteiger partial charge in [-0.3, -0.25) is 0 Å². The van der Waals surface area contributed by atoms with Crippen molar-refractivity contribution < 1.29 is 4.74 Å². The predicted molar refractivity (Wildman–Crippen MR) is 76.7 cm³/mol. The standard InChI is InChI=1S/C13H16N4OS/c1-3-13(17-5-7-18-8-6-17)4-2-11(1)14-9-12-10-19-16-15-12/h1-4,10,14H,5-9H2. The fourth-order valence-electron chi connectivity index (χ4n) is 2.07. The molecule has 100 valence electrons. The first-order chi connectivity index (χ1) is 9.42. The summed E-state index contributed by atoms with van der Waals surface area (Å²) in [5.41, 5.74) is 3.33. The molecular weight excluding hydrogens is 260 g/mol. The molecule has 2 heterocycles. The first kappa shape index (κ1) is 12.4. The summed E-state index contributed by atoms with van der Waals surface area (Å²) in [6, 6.07) is 8.50. The van der Waals surface area contributed by atoms with E-state index in [9.17, 15) is 0 Å². The van der Waals surface area contributed by atoms with Crippen molar-refractivity contribution >= 4 is 22.9 Å². The van der Waals surface area contributed by atoms with E-state index in [0.717, 1.165) is 37.7 Å². The van der Waals surface area contributed by atoms with Crippen LogP contribution in [-0.2, 0) is 11.3 Å². The summed E-state index contributed by atoms with van der Waals surface area (Å²) in [4.78, 5) is 2.34. The number of hydrogen-bond acceptors (Lipinski definition) is 6. The lowest BCUT2D eigenvalue weighted by molar-refractivity contribution is 0.122. The van der Waals surface area contributed by atoms with Gasteiger partial charge in [0.25, 0.3) is 0 Å². The highest BCUT2D eigenvalue weighted by Crippen LogP contribution is 2.19. The van der Waals surface area contributed by atoms with Crippen molar-refractivity contribution in [3.63, 3.8) is 0 Å². The lowest BCUT2D eigenvalue weighted by Gasteiger charge is -2.28. The number of nitrogens with one attached hydrogen (secondary N) is 1. The molecular formula is C13H16N4OS. The van der Waals surface area contributed by atoms with E-state index >= 15 is 0 Å². The number of hydrogen-bond donors (Lipinski definition) is 1. The Labute approximate surface area is 116 Å². The van der Waals surface area contributed by atoms with Crippen LogP contribution in [0.4, 0.5) is 11.4 Å². The van der Waals surface area contributed by atoms with E-state index in [-0.39, 0.29) is 0 Å². The van der Waals surface area contributed by atoms with Crippen molar-refractivity contribution in [3.8, 4) is 0 Å². The maximum Gasteiger partial charge on any atom is 0.0946 e. The minimum absolute atomic E-state index is 0.716. The van der Waals surface area contributed by atoms with Gasteiger partial charge in [0.05, 0.1) is 25.5 Å². The number of morpholine rings is 1. The van der Waals surface area contributed by atoms with E-state index in [0.29, 0.717) is 6.54 Å². The van der Waals surface area contributed by atoms with Gasteiger partial charge in [-0.25, -0.2) is 0 Å². The van der Waals surface area contributed by atoms with Crippen LogP contribution in [0.5, 0.6) is 0 Å². The highest BCUT2D eigenvalue weighted by molar-refractivity contribution is 7.03. The highest BCUT2D eigenvalue weighted by Gasteiger charge is 2.10. The summed E-state index contributed by atoms with van der Waals surface area (Å²) in [6.45, 7) is 4.29. The van der Waals surface area contributed by atoms with Crippen LogP contribution in [0.2, 0.25) is 0 Å². The predicted octanol–water partition coefficient (Wildman–Crippen LogP) is 1.99. The summed E-state index contributed by atoms with van der Waals surface area (Å²) in [5, 5.41) is 9.30. The number of nitrogens with zero attached hydrogens (tertiary/aromatic N) is 3. The van der Waals surface area contributed by atoms with E-state index in [1.54, 1.807) is 0 Å².